The molecule has 2 heterocycles. The van der Waals surface area contributed by atoms with Gasteiger partial charge in [-0.25, -0.2) is 9.59 Å². The highest BCUT2D eigenvalue weighted by Gasteiger charge is 2.30. The van der Waals surface area contributed by atoms with Gasteiger partial charge in [0.25, 0.3) is 5.91 Å². The zero-order valence-electron chi connectivity index (χ0n) is 18.0. The Morgan fingerprint density at radius 2 is 1.97 bits per heavy atom. The molecule has 0 aromatic carbocycles. The van der Waals surface area contributed by atoms with Crippen LogP contribution in [0.1, 0.15) is 74.5 Å². The zero-order valence-corrected chi connectivity index (χ0v) is 19.7. The topological polar surface area (TPSA) is 81.7 Å². The van der Waals surface area contributed by atoms with Crippen LogP contribution in [0.2, 0.25) is 0 Å². The normalized spacial score (nSPS) is 18.1. The molecule has 0 radical (unpaired) electrons. The lowest BCUT2D eigenvalue weighted by atomic mass is 9.88. The van der Waals surface area contributed by atoms with E-state index in [1.54, 1.807) is 13.8 Å². The SMILES string of the molecule is CCOC(=O)c1c(NC(=O)C(C)OC(=O)c2cc3c(s2)CCC3)sc2c1CCC(C)C2. The molecular formula is C23H27NO5S2. The summed E-state index contributed by atoms with van der Waals surface area (Å²) < 4.78 is 10.7. The summed E-state index contributed by atoms with van der Waals surface area (Å²) in [6, 6.07) is 1.88. The van der Waals surface area contributed by atoms with Gasteiger partial charge >= 0.3 is 11.9 Å². The number of fused-ring (bicyclic) bond motifs is 2. The van der Waals surface area contributed by atoms with Crippen LogP contribution < -0.4 is 5.32 Å². The number of carbonyl (C=O) groups excluding carboxylic acids is 3. The third-order valence-electron chi connectivity index (χ3n) is 5.83. The van der Waals surface area contributed by atoms with Crippen molar-refractivity contribution in [3.63, 3.8) is 0 Å². The van der Waals surface area contributed by atoms with Gasteiger partial charge in [-0.05, 0) is 75.5 Å². The fraction of sp³-hybridized carbons (Fsp3) is 0.522. The lowest BCUT2D eigenvalue weighted by molar-refractivity contribution is -0.123. The first-order chi connectivity index (χ1) is 14.9. The van der Waals surface area contributed by atoms with E-state index in [9.17, 15) is 14.4 Å². The molecule has 1 N–H and O–H groups in total. The summed E-state index contributed by atoms with van der Waals surface area (Å²) in [4.78, 5) is 40.8. The second-order valence-electron chi connectivity index (χ2n) is 8.23. The Kier molecular flexibility index (Phi) is 6.48. The van der Waals surface area contributed by atoms with E-state index in [2.05, 4.69) is 12.2 Å². The van der Waals surface area contributed by atoms with Crippen molar-refractivity contribution in [1.82, 2.24) is 0 Å². The highest BCUT2D eigenvalue weighted by Crippen LogP contribution is 2.40. The molecule has 6 nitrogen and oxygen atoms in total. The number of hydrogen-bond acceptors (Lipinski definition) is 7. The minimum Gasteiger partial charge on any atom is -0.462 e. The predicted molar refractivity (Wildman–Crippen MR) is 121 cm³/mol. The molecular weight excluding hydrogens is 434 g/mol. The summed E-state index contributed by atoms with van der Waals surface area (Å²) in [6.45, 7) is 5.77. The summed E-state index contributed by atoms with van der Waals surface area (Å²) >= 11 is 2.88. The van der Waals surface area contributed by atoms with Crippen molar-refractivity contribution in [2.45, 2.75) is 65.4 Å². The van der Waals surface area contributed by atoms with Gasteiger partial charge in [0.2, 0.25) is 0 Å². The van der Waals surface area contributed by atoms with Gasteiger partial charge in [0.15, 0.2) is 6.10 Å². The largest absolute Gasteiger partial charge is 0.462 e. The number of thiophene rings is 2. The Morgan fingerprint density at radius 1 is 1.16 bits per heavy atom. The first-order valence-corrected chi connectivity index (χ1v) is 12.5. The smallest absolute Gasteiger partial charge is 0.349 e. The minimum absolute atomic E-state index is 0.270. The van der Waals surface area contributed by atoms with E-state index in [4.69, 9.17) is 9.47 Å². The standard InChI is InChI=1S/C23H27NO5S2/c1-4-28-23(27)19-15-9-8-12(2)10-17(15)31-21(19)24-20(25)13(3)29-22(26)18-11-14-6-5-7-16(14)30-18/h11-13H,4-10H2,1-3H3,(H,24,25). The number of rotatable bonds is 6. The molecule has 2 aliphatic carbocycles. The van der Waals surface area contributed by atoms with Crippen molar-refractivity contribution in [1.29, 1.82) is 0 Å². The van der Waals surface area contributed by atoms with Crippen molar-refractivity contribution >= 4 is 45.5 Å². The lowest BCUT2D eigenvalue weighted by Crippen LogP contribution is -2.30. The van der Waals surface area contributed by atoms with Gasteiger partial charge in [-0.1, -0.05) is 6.92 Å². The van der Waals surface area contributed by atoms with Crippen molar-refractivity contribution in [2.24, 2.45) is 5.92 Å². The van der Waals surface area contributed by atoms with Crippen molar-refractivity contribution < 1.29 is 23.9 Å². The predicted octanol–water partition coefficient (Wildman–Crippen LogP) is 4.78. The summed E-state index contributed by atoms with van der Waals surface area (Å²) in [5.74, 6) is -0.804. The van der Waals surface area contributed by atoms with Gasteiger partial charge < -0.3 is 14.8 Å². The Morgan fingerprint density at radius 3 is 2.71 bits per heavy atom. The Hall–Kier alpha value is -2.19. The zero-order chi connectivity index (χ0) is 22.1. The number of hydrogen-bond donors (Lipinski definition) is 1. The third-order valence-corrected chi connectivity index (χ3v) is 8.22. The molecule has 2 unspecified atom stereocenters. The van der Waals surface area contributed by atoms with E-state index in [1.165, 1.54) is 33.1 Å². The monoisotopic (exact) mass is 461 g/mol. The second-order valence-corrected chi connectivity index (χ2v) is 10.5. The maximum absolute atomic E-state index is 12.8. The first kappa shape index (κ1) is 22.0. The maximum Gasteiger partial charge on any atom is 0.349 e. The van der Waals surface area contributed by atoms with Crippen LogP contribution >= 0.6 is 22.7 Å². The lowest BCUT2D eigenvalue weighted by Gasteiger charge is -2.18. The first-order valence-electron chi connectivity index (χ1n) is 10.8. The van der Waals surface area contributed by atoms with Crippen LogP contribution in [0.15, 0.2) is 6.07 Å². The number of aryl methyl sites for hydroxylation is 2. The molecule has 0 bridgehead atoms. The van der Waals surface area contributed by atoms with Crippen molar-refractivity contribution in [3.05, 3.63) is 37.4 Å². The molecule has 8 heteroatoms. The number of esters is 2. The molecule has 0 saturated carbocycles. The van der Waals surface area contributed by atoms with Crippen LogP contribution in [0.25, 0.3) is 0 Å². The van der Waals surface area contributed by atoms with Crippen molar-refractivity contribution in [2.75, 3.05) is 11.9 Å². The van der Waals surface area contributed by atoms with E-state index >= 15 is 0 Å². The molecule has 166 valence electrons. The Labute approximate surface area is 189 Å². The molecule has 31 heavy (non-hydrogen) atoms. The van der Waals surface area contributed by atoms with Gasteiger partial charge in [0.1, 0.15) is 9.88 Å². The van der Waals surface area contributed by atoms with Crippen LogP contribution in [0.3, 0.4) is 0 Å². The van der Waals surface area contributed by atoms with Crippen LogP contribution in [-0.4, -0.2) is 30.6 Å². The van der Waals surface area contributed by atoms with Crippen LogP contribution in [0.5, 0.6) is 0 Å². The summed E-state index contributed by atoms with van der Waals surface area (Å²) in [5, 5.41) is 3.31. The summed E-state index contributed by atoms with van der Waals surface area (Å²) in [5.41, 5.74) is 2.65. The minimum atomic E-state index is -0.975. The van der Waals surface area contributed by atoms with E-state index in [1.807, 2.05) is 6.07 Å². The molecule has 0 saturated heterocycles. The van der Waals surface area contributed by atoms with Gasteiger partial charge in [-0.2, -0.15) is 0 Å². The Bertz CT molecular complexity index is 1000. The molecule has 1 amide bonds. The van der Waals surface area contributed by atoms with Gasteiger partial charge in [0, 0.05) is 9.75 Å². The highest BCUT2D eigenvalue weighted by molar-refractivity contribution is 7.17. The molecule has 4 rings (SSSR count). The van der Waals surface area contributed by atoms with Gasteiger partial charge in [-0.15, -0.1) is 22.7 Å². The summed E-state index contributed by atoms with van der Waals surface area (Å²) in [6.07, 6.45) is 4.83. The quantitative estimate of drug-likeness (QED) is 0.626. The van der Waals surface area contributed by atoms with E-state index < -0.39 is 23.9 Å². The number of ether oxygens (including phenoxy) is 2. The van der Waals surface area contributed by atoms with E-state index in [0.29, 0.717) is 21.4 Å². The number of anilines is 1. The average molecular weight is 462 g/mol. The molecule has 0 spiro atoms. The fourth-order valence-corrected chi connectivity index (χ4v) is 6.71. The molecule has 2 aromatic heterocycles. The highest BCUT2D eigenvalue weighted by atomic mass is 32.1. The molecule has 0 fully saturated rings. The van der Waals surface area contributed by atoms with Crippen molar-refractivity contribution in [3.8, 4) is 0 Å². The van der Waals surface area contributed by atoms with Gasteiger partial charge in [-0.3, -0.25) is 4.79 Å². The van der Waals surface area contributed by atoms with E-state index in [-0.39, 0.29) is 6.61 Å². The van der Waals surface area contributed by atoms with Crippen LogP contribution in [0.4, 0.5) is 5.00 Å². The summed E-state index contributed by atoms with van der Waals surface area (Å²) in [7, 11) is 0. The number of amides is 1. The van der Waals surface area contributed by atoms with Crippen LogP contribution in [0, 0.1) is 5.92 Å². The molecule has 0 aliphatic heterocycles. The Balaban J connectivity index is 1.48. The molecule has 2 aliphatic rings. The fourth-order valence-electron chi connectivity index (χ4n) is 4.17. The molecule has 2 aromatic rings. The van der Waals surface area contributed by atoms with E-state index in [0.717, 1.165) is 49.0 Å². The number of nitrogens with one attached hydrogen (secondary N) is 1. The number of carbonyl (C=O) groups is 3. The third kappa shape index (κ3) is 4.55. The average Bonchev–Trinajstić information content (AvgIpc) is 3.40. The second kappa shape index (κ2) is 9.12. The molecule has 2 atom stereocenters. The maximum atomic E-state index is 12.8. The van der Waals surface area contributed by atoms with Gasteiger partial charge in [0.05, 0.1) is 12.2 Å². The van der Waals surface area contributed by atoms with Crippen LogP contribution in [-0.2, 0) is 40.0 Å².